The number of benzene rings is 1. The minimum atomic E-state index is 0.386. The third-order valence-electron chi connectivity index (χ3n) is 7.56. The van der Waals surface area contributed by atoms with Crippen molar-refractivity contribution in [2.45, 2.75) is 71.6 Å². The second-order valence-corrected chi connectivity index (χ2v) is 10.5. The Kier molecular flexibility index (Phi) is 6.74. The van der Waals surface area contributed by atoms with Gasteiger partial charge in [-0.25, -0.2) is 9.50 Å². The second-order valence-electron chi connectivity index (χ2n) is 10.5. The molecule has 0 saturated carbocycles. The number of nitrogens with zero attached hydrogens (tertiary/aromatic N) is 4. The highest BCUT2D eigenvalue weighted by molar-refractivity contribution is 5.92. The van der Waals surface area contributed by atoms with Gasteiger partial charge in [0.05, 0.1) is 12.2 Å². The molecule has 6 nitrogen and oxygen atoms in total. The molecule has 1 aliphatic heterocycles. The predicted octanol–water partition coefficient (Wildman–Crippen LogP) is 6.25. The average Bonchev–Trinajstić information content (AvgIpc) is 3.48. The number of unbranched alkanes of at least 4 members (excludes halogenated alkanes) is 1. The highest BCUT2D eigenvalue weighted by Crippen LogP contribution is 2.38. The van der Waals surface area contributed by atoms with Crippen LogP contribution in [-0.4, -0.2) is 49.9 Å². The van der Waals surface area contributed by atoms with Crippen molar-refractivity contribution in [2.24, 2.45) is 0 Å². The van der Waals surface area contributed by atoms with Crippen LogP contribution in [0.1, 0.15) is 81.4 Å². The van der Waals surface area contributed by atoms with Gasteiger partial charge in [-0.15, -0.1) is 0 Å². The van der Waals surface area contributed by atoms with Crippen molar-refractivity contribution in [3.05, 3.63) is 53.5 Å². The number of pyridine rings is 1. The summed E-state index contributed by atoms with van der Waals surface area (Å²) in [5.74, 6) is 1.33. The molecule has 4 aromatic rings. The summed E-state index contributed by atoms with van der Waals surface area (Å²) < 4.78 is 1.87. The Morgan fingerprint density at radius 3 is 2.74 bits per heavy atom. The number of hydrogen-bond acceptors (Lipinski definition) is 4. The number of fused-ring (bicyclic) bond motifs is 2. The number of aromatic amines is 1. The van der Waals surface area contributed by atoms with Crippen LogP contribution in [0, 0.1) is 6.92 Å². The smallest absolute Gasteiger partial charge is 0.158 e. The van der Waals surface area contributed by atoms with E-state index in [0.717, 1.165) is 62.0 Å². The fourth-order valence-electron chi connectivity index (χ4n) is 5.67. The van der Waals surface area contributed by atoms with Crippen LogP contribution in [0.4, 0.5) is 0 Å². The molecule has 0 amide bonds. The summed E-state index contributed by atoms with van der Waals surface area (Å²) in [6.45, 7) is 11.4. The van der Waals surface area contributed by atoms with E-state index >= 15 is 0 Å². The number of Topliss-reactive ketones (excluding diaryl/α,β-unsaturated/α-hetero) is 1. The molecule has 0 aliphatic carbocycles. The molecule has 0 spiro atoms. The molecule has 35 heavy (non-hydrogen) atoms. The maximum absolute atomic E-state index is 12.2. The van der Waals surface area contributed by atoms with E-state index in [1.54, 1.807) is 6.33 Å². The van der Waals surface area contributed by atoms with Crippen molar-refractivity contribution in [1.82, 2.24) is 24.5 Å². The van der Waals surface area contributed by atoms with E-state index in [1.807, 2.05) is 4.52 Å². The Hall–Kier alpha value is -2.99. The first-order valence-corrected chi connectivity index (χ1v) is 13.1. The molecule has 1 fully saturated rings. The number of carbonyl (C=O) groups is 1. The number of hydrogen-bond donors (Lipinski definition) is 1. The molecule has 1 aromatic carbocycles. The number of aryl methyl sites for hydroxylation is 1. The van der Waals surface area contributed by atoms with Crippen molar-refractivity contribution in [1.29, 1.82) is 0 Å². The van der Waals surface area contributed by atoms with Gasteiger partial charge in [0.15, 0.2) is 5.65 Å². The summed E-state index contributed by atoms with van der Waals surface area (Å²) in [6, 6.07) is 9.17. The summed E-state index contributed by atoms with van der Waals surface area (Å²) in [5, 5.41) is 5.69. The van der Waals surface area contributed by atoms with E-state index in [2.05, 4.69) is 78.1 Å². The van der Waals surface area contributed by atoms with Crippen LogP contribution in [0.25, 0.3) is 27.8 Å². The molecular formula is C29H37N5O. The molecule has 0 radical (unpaired) electrons. The first kappa shape index (κ1) is 23.7. The molecule has 0 bridgehead atoms. The third kappa shape index (κ3) is 4.76. The molecule has 4 heterocycles. The summed E-state index contributed by atoms with van der Waals surface area (Å²) in [6.07, 6.45) is 8.74. The van der Waals surface area contributed by atoms with Gasteiger partial charge in [-0.2, -0.15) is 5.10 Å². The Bertz CT molecular complexity index is 1340. The minimum absolute atomic E-state index is 0.386. The number of ketones is 1. The largest absolute Gasteiger partial charge is 0.354 e. The van der Waals surface area contributed by atoms with Crippen molar-refractivity contribution in [3.63, 3.8) is 0 Å². The molecule has 5 rings (SSSR count). The molecule has 184 valence electrons. The van der Waals surface area contributed by atoms with Gasteiger partial charge < -0.3 is 4.98 Å². The molecule has 1 saturated heterocycles. The maximum Gasteiger partial charge on any atom is 0.158 e. The Balaban J connectivity index is 1.40. The van der Waals surface area contributed by atoms with Gasteiger partial charge in [0.1, 0.15) is 12.1 Å². The highest BCUT2D eigenvalue weighted by Gasteiger charge is 2.24. The lowest BCUT2D eigenvalue weighted by Gasteiger charge is -2.31. The lowest BCUT2D eigenvalue weighted by molar-refractivity contribution is -0.120. The number of nitrogens with one attached hydrogen (secondary N) is 1. The van der Waals surface area contributed by atoms with E-state index in [0.29, 0.717) is 24.2 Å². The third-order valence-corrected chi connectivity index (χ3v) is 7.56. The van der Waals surface area contributed by atoms with Crippen molar-refractivity contribution in [3.8, 4) is 11.3 Å². The Morgan fingerprint density at radius 2 is 2.00 bits per heavy atom. The highest BCUT2D eigenvalue weighted by atomic mass is 16.1. The zero-order chi connectivity index (χ0) is 24.5. The van der Waals surface area contributed by atoms with Gasteiger partial charge in [-0.1, -0.05) is 33.3 Å². The Morgan fingerprint density at radius 1 is 1.20 bits per heavy atom. The normalized spacial score (nSPS) is 15.6. The SMILES string of the molecule is CCCCC(=O)CN1CCC(c2ccc3[nH]c(-c4cc(C)c5ncnn5c4)c(C(C)C)c3c2)CC1. The van der Waals surface area contributed by atoms with Crippen LogP contribution < -0.4 is 0 Å². The van der Waals surface area contributed by atoms with Gasteiger partial charge in [0.25, 0.3) is 0 Å². The number of rotatable bonds is 8. The van der Waals surface area contributed by atoms with Gasteiger partial charge in [0.2, 0.25) is 0 Å². The summed E-state index contributed by atoms with van der Waals surface area (Å²) in [4.78, 5) is 22.6. The average molecular weight is 472 g/mol. The first-order chi connectivity index (χ1) is 16.9. The molecular weight excluding hydrogens is 434 g/mol. The molecule has 0 atom stereocenters. The number of carbonyl (C=O) groups excluding carboxylic acids is 1. The van der Waals surface area contributed by atoms with E-state index in [1.165, 1.54) is 27.7 Å². The fraction of sp³-hybridized carbons (Fsp3) is 0.483. The second kappa shape index (κ2) is 9.94. The fourth-order valence-corrected chi connectivity index (χ4v) is 5.67. The van der Waals surface area contributed by atoms with Gasteiger partial charge in [0, 0.05) is 29.1 Å². The monoisotopic (exact) mass is 471 g/mol. The van der Waals surface area contributed by atoms with Gasteiger partial charge in [-0.3, -0.25) is 9.69 Å². The summed E-state index contributed by atoms with van der Waals surface area (Å²) >= 11 is 0. The molecule has 6 heteroatoms. The zero-order valence-corrected chi connectivity index (χ0v) is 21.5. The number of aromatic nitrogens is 4. The number of piperidine rings is 1. The molecule has 1 N–H and O–H groups in total. The van der Waals surface area contributed by atoms with Crippen LogP contribution in [0.5, 0.6) is 0 Å². The predicted molar refractivity (Wildman–Crippen MR) is 142 cm³/mol. The van der Waals surface area contributed by atoms with E-state index < -0.39 is 0 Å². The van der Waals surface area contributed by atoms with Crippen LogP contribution in [0.15, 0.2) is 36.8 Å². The summed E-state index contributed by atoms with van der Waals surface area (Å²) in [5.41, 5.74) is 8.30. The van der Waals surface area contributed by atoms with Crippen LogP contribution >= 0.6 is 0 Å². The standard InChI is InChI=1S/C29H37N5O/c1-5-6-7-24(35)17-33-12-10-21(11-13-33)22-8-9-26-25(15-22)27(19(2)3)28(32-26)23-14-20(4)29-30-18-31-34(29)16-23/h8-9,14-16,18-19,21,32H,5-7,10-13,17H2,1-4H3. The Labute approximate surface area is 207 Å². The van der Waals surface area contributed by atoms with Crippen molar-refractivity contribution < 1.29 is 4.79 Å². The minimum Gasteiger partial charge on any atom is -0.354 e. The van der Waals surface area contributed by atoms with Gasteiger partial charge >= 0.3 is 0 Å². The van der Waals surface area contributed by atoms with Gasteiger partial charge in [-0.05, 0) is 86.0 Å². The lowest BCUT2D eigenvalue weighted by atomic mass is 9.87. The first-order valence-electron chi connectivity index (χ1n) is 13.1. The number of likely N-dealkylation sites (tertiary alicyclic amines) is 1. The molecule has 0 unspecified atom stereocenters. The molecule has 1 aliphatic rings. The number of H-pyrrole nitrogens is 1. The molecule has 3 aromatic heterocycles. The zero-order valence-electron chi connectivity index (χ0n) is 21.5. The van der Waals surface area contributed by atoms with E-state index in [-0.39, 0.29) is 0 Å². The quantitative estimate of drug-likeness (QED) is 0.330. The van der Waals surface area contributed by atoms with Crippen LogP contribution in [0.2, 0.25) is 0 Å². The van der Waals surface area contributed by atoms with Crippen molar-refractivity contribution in [2.75, 3.05) is 19.6 Å². The topological polar surface area (TPSA) is 66.3 Å². The van der Waals surface area contributed by atoms with E-state index in [9.17, 15) is 4.79 Å². The summed E-state index contributed by atoms with van der Waals surface area (Å²) in [7, 11) is 0. The van der Waals surface area contributed by atoms with Crippen molar-refractivity contribution >= 4 is 22.3 Å². The van der Waals surface area contributed by atoms with Crippen LogP contribution in [-0.2, 0) is 4.79 Å². The lowest BCUT2D eigenvalue weighted by Crippen LogP contribution is -2.36. The van der Waals surface area contributed by atoms with Crippen LogP contribution in [0.3, 0.4) is 0 Å². The van der Waals surface area contributed by atoms with E-state index in [4.69, 9.17) is 0 Å². The maximum atomic E-state index is 12.2.